The number of anilines is 1. The molecule has 12 heteroatoms. The predicted octanol–water partition coefficient (Wildman–Crippen LogP) is 1.93. The smallest absolute Gasteiger partial charge is 0.410 e. The topological polar surface area (TPSA) is 158 Å². The van der Waals surface area contributed by atoms with Gasteiger partial charge in [-0.1, -0.05) is 29.8 Å². The lowest BCUT2D eigenvalue weighted by atomic mass is 9.98. The van der Waals surface area contributed by atoms with Gasteiger partial charge in [-0.15, -0.1) is 4.83 Å². The number of carbonyl (C=O) groups is 3. The van der Waals surface area contributed by atoms with Crippen molar-refractivity contribution in [3.8, 4) is 0 Å². The summed E-state index contributed by atoms with van der Waals surface area (Å²) < 4.78 is 25.2. The molecular weight excluding hydrogens is 462 g/mol. The van der Waals surface area contributed by atoms with Crippen LogP contribution in [0.15, 0.2) is 58.5 Å². The average molecular weight is 488 g/mol. The quantitative estimate of drug-likeness (QED) is 0.443. The van der Waals surface area contributed by atoms with E-state index in [2.05, 4.69) is 20.4 Å². The van der Waals surface area contributed by atoms with Crippen molar-refractivity contribution < 1.29 is 27.9 Å². The van der Waals surface area contributed by atoms with E-state index in [4.69, 9.17) is 5.11 Å². The van der Waals surface area contributed by atoms with Gasteiger partial charge in [0.2, 0.25) is 5.91 Å². The van der Waals surface area contributed by atoms with Crippen LogP contribution in [0, 0.1) is 6.92 Å². The first kappa shape index (κ1) is 24.9. The van der Waals surface area contributed by atoms with Crippen molar-refractivity contribution >= 4 is 33.7 Å². The van der Waals surface area contributed by atoms with Crippen LogP contribution in [-0.2, 0) is 26.2 Å². The molecular formula is C22H25N5O6S. The molecule has 1 aliphatic rings. The Morgan fingerprint density at radius 2 is 1.82 bits per heavy atom. The Labute approximate surface area is 196 Å². The van der Waals surface area contributed by atoms with Crippen LogP contribution < -0.4 is 15.5 Å². The van der Waals surface area contributed by atoms with Crippen LogP contribution in [0.2, 0.25) is 0 Å². The second-order valence-electron chi connectivity index (χ2n) is 7.70. The van der Waals surface area contributed by atoms with E-state index in [1.807, 2.05) is 0 Å². The van der Waals surface area contributed by atoms with E-state index in [0.29, 0.717) is 17.7 Å². The summed E-state index contributed by atoms with van der Waals surface area (Å²) in [6, 6.07) is 10.8. The molecule has 2 aromatic rings. The Hall–Kier alpha value is -3.77. The molecule has 1 aromatic carbocycles. The third-order valence-electron chi connectivity index (χ3n) is 5.26. The third-order valence-corrected chi connectivity index (χ3v) is 6.61. The lowest BCUT2D eigenvalue weighted by Gasteiger charge is -2.29. The minimum absolute atomic E-state index is 0.0296. The Balaban J connectivity index is 1.62. The standard InChI is InChI=1S/C22H25N5O6S/c1-14-10-11-27(26-34(32,33)17-6-4-3-5-7-17)21(29)18(14)12-20(28)23-13-16-8-9-19(24-15(16)2)25-22(30)31/h3-9,26H,10-13H2,1-2H3,(H,23,28)(H,24,25)(H,30,31). The van der Waals surface area contributed by atoms with Gasteiger partial charge in [0.1, 0.15) is 5.82 Å². The molecule has 3 amide bonds. The molecule has 0 unspecified atom stereocenters. The monoisotopic (exact) mass is 487 g/mol. The molecule has 1 aliphatic heterocycles. The van der Waals surface area contributed by atoms with Gasteiger partial charge in [0.05, 0.1) is 11.3 Å². The zero-order chi connectivity index (χ0) is 24.9. The number of nitrogens with one attached hydrogen (secondary N) is 3. The Bertz CT molecular complexity index is 1240. The van der Waals surface area contributed by atoms with E-state index >= 15 is 0 Å². The Kier molecular flexibility index (Phi) is 7.64. The van der Waals surface area contributed by atoms with Crippen LogP contribution in [0.3, 0.4) is 0 Å². The molecule has 3 rings (SSSR count). The molecule has 0 spiro atoms. The molecule has 2 heterocycles. The maximum absolute atomic E-state index is 12.9. The lowest BCUT2D eigenvalue weighted by Crippen LogP contribution is -2.49. The van der Waals surface area contributed by atoms with Gasteiger partial charge in [-0.2, -0.15) is 0 Å². The van der Waals surface area contributed by atoms with E-state index in [9.17, 15) is 22.8 Å². The summed E-state index contributed by atoms with van der Waals surface area (Å²) in [5.41, 5.74) is 2.17. The largest absolute Gasteiger partial charge is 0.465 e. The number of aryl methyl sites for hydroxylation is 1. The van der Waals surface area contributed by atoms with Gasteiger partial charge in [0, 0.05) is 24.4 Å². The predicted molar refractivity (Wildman–Crippen MR) is 123 cm³/mol. The fourth-order valence-electron chi connectivity index (χ4n) is 3.36. The molecule has 11 nitrogen and oxygen atoms in total. The van der Waals surface area contributed by atoms with Gasteiger partial charge in [-0.25, -0.2) is 18.2 Å². The van der Waals surface area contributed by atoms with Crippen molar-refractivity contribution in [2.45, 2.75) is 38.1 Å². The van der Waals surface area contributed by atoms with E-state index in [0.717, 1.165) is 10.6 Å². The summed E-state index contributed by atoms with van der Waals surface area (Å²) in [5.74, 6) is -0.810. The number of rotatable bonds is 8. The van der Waals surface area contributed by atoms with E-state index in [-0.39, 0.29) is 35.8 Å². The first-order valence-corrected chi connectivity index (χ1v) is 11.9. The van der Waals surface area contributed by atoms with Gasteiger partial charge in [-0.05, 0) is 44.0 Å². The molecule has 4 N–H and O–H groups in total. The van der Waals surface area contributed by atoms with E-state index in [1.165, 1.54) is 18.2 Å². The van der Waals surface area contributed by atoms with Crippen LogP contribution in [0.1, 0.15) is 31.0 Å². The fraction of sp³-hybridized carbons (Fsp3) is 0.273. The van der Waals surface area contributed by atoms with Gasteiger partial charge < -0.3 is 10.4 Å². The minimum atomic E-state index is -3.94. The van der Waals surface area contributed by atoms with Crippen molar-refractivity contribution in [1.29, 1.82) is 0 Å². The molecule has 0 radical (unpaired) electrons. The Morgan fingerprint density at radius 1 is 1.12 bits per heavy atom. The highest BCUT2D eigenvalue weighted by molar-refractivity contribution is 7.89. The summed E-state index contributed by atoms with van der Waals surface area (Å²) in [7, 11) is -3.94. The number of pyridine rings is 1. The number of benzene rings is 1. The zero-order valence-electron chi connectivity index (χ0n) is 18.7. The number of hydrogen-bond donors (Lipinski definition) is 4. The number of nitrogens with zero attached hydrogens (tertiary/aromatic N) is 2. The number of amides is 3. The third kappa shape index (κ3) is 6.17. The maximum atomic E-state index is 12.9. The molecule has 0 bridgehead atoms. The average Bonchev–Trinajstić information content (AvgIpc) is 2.78. The lowest BCUT2D eigenvalue weighted by molar-refractivity contribution is -0.131. The molecule has 0 saturated heterocycles. The van der Waals surface area contributed by atoms with Gasteiger partial charge >= 0.3 is 6.09 Å². The highest BCUT2D eigenvalue weighted by Gasteiger charge is 2.30. The summed E-state index contributed by atoms with van der Waals surface area (Å²) in [6.07, 6.45) is -1.01. The number of hydrazine groups is 1. The molecule has 0 saturated carbocycles. The Morgan fingerprint density at radius 3 is 2.47 bits per heavy atom. The van der Waals surface area contributed by atoms with Crippen LogP contribution in [-0.4, -0.2) is 48.0 Å². The van der Waals surface area contributed by atoms with Crippen LogP contribution in [0.5, 0.6) is 0 Å². The number of hydrogen-bond acceptors (Lipinski definition) is 6. The van der Waals surface area contributed by atoms with Gasteiger partial charge in [0.15, 0.2) is 0 Å². The van der Waals surface area contributed by atoms with Gasteiger partial charge in [0.25, 0.3) is 15.9 Å². The normalized spacial score (nSPS) is 14.2. The summed E-state index contributed by atoms with van der Waals surface area (Å²) in [5, 5.41) is 14.6. The van der Waals surface area contributed by atoms with Crippen LogP contribution >= 0.6 is 0 Å². The molecule has 1 aromatic heterocycles. The molecule has 0 fully saturated rings. The molecule has 0 atom stereocenters. The van der Waals surface area contributed by atoms with Gasteiger partial charge in [-0.3, -0.25) is 19.9 Å². The summed E-state index contributed by atoms with van der Waals surface area (Å²) in [4.78, 5) is 42.6. The van der Waals surface area contributed by atoms with Crippen molar-refractivity contribution in [3.05, 3.63) is 64.9 Å². The van der Waals surface area contributed by atoms with Crippen molar-refractivity contribution in [1.82, 2.24) is 20.1 Å². The second-order valence-corrected chi connectivity index (χ2v) is 9.36. The highest BCUT2D eigenvalue weighted by Crippen LogP contribution is 2.22. The number of carboxylic acid groups (broad SMARTS) is 1. The second kappa shape index (κ2) is 10.4. The first-order chi connectivity index (χ1) is 16.1. The van der Waals surface area contributed by atoms with Crippen molar-refractivity contribution in [2.24, 2.45) is 0 Å². The maximum Gasteiger partial charge on any atom is 0.410 e. The number of sulfonamides is 1. The van der Waals surface area contributed by atoms with Crippen molar-refractivity contribution in [2.75, 3.05) is 11.9 Å². The number of aromatic nitrogens is 1. The first-order valence-electron chi connectivity index (χ1n) is 10.4. The fourth-order valence-corrected chi connectivity index (χ4v) is 4.45. The number of carbonyl (C=O) groups excluding carboxylic acids is 2. The molecule has 34 heavy (non-hydrogen) atoms. The minimum Gasteiger partial charge on any atom is -0.465 e. The van der Waals surface area contributed by atoms with Crippen LogP contribution in [0.25, 0.3) is 0 Å². The summed E-state index contributed by atoms with van der Waals surface area (Å²) >= 11 is 0. The van der Waals surface area contributed by atoms with E-state index in [1.54, 1.807) is 38.1 Å². The SMILES string of the molecule is CC1=C(CC(=O)NCc2ccc(NC(=O)O)nc2C)C(=O)N(NS(=O)(=O)c2ccccc2)CC1. The van der Waals surface area contributed by atoms with E-state index < -0.39 is 27.9 Å². The summed E-state index contributed by atoms with van der Waals surface area (Å²) in [6.45, 7) is 3.72. The van der Waals surface area contributed by atoms with Crippen molar-refractivity contribution in [3.63, 3.8) is 0 Å². The van der Waals surface area contributed by atoms with Crippen LogP contribution in [0.4, 0.5) is 10.6 Å². The zero-order valence-corrected chi connectivity index (χ0v) is 19.5. The highest BCUT2D eigenvalue weighted by atomic mass is 32.2. The molecule has 180 valence electrons. The molecule has 0 aliphatic carbocycles.